The molecule has 3 heteroatoms. The van der Waals surface area contributed by atoms with Crippen LogP contribution in [0.25, 0.3) is 0 Å². The quantitative estimate of drug-likeness (QED) is 0.744. The number of nitrogens with zero attached hydrogens (tertiary/aromatic N) is 1. The van der Waals surface area contributed by atoms with E-state index < -0.39 is 0 Å². The zero-order chi connectivity index (χ0) is 15.1. The molecule has 1 atom stereocenters. The Balaban J connectivity index is 2.00. The Morgan fingerprint density at radius 1 is 1.19 bits per heavy atom. The molecule has 2 aromatic rings. The number of halogens is 1. The van der Waals surface area contributed by atoms with Gasteiger partial charge in [0.1, 0.15) is 0 Å². The van der Waals surface area contributed by atoms with E-state index in [0.717, 1.165) is 11.3 Å². The second-order valence-electron chi connectivity index (χ2n) is 5.67. The monoisotopic (exact) mass is 343 g/mol. The number of hydrogen-bond acceptors (Lipinski definition) is 1. The van der Waals surface area contributed by atoms with Crippen molar-refractivity contribution in [3.8, 4) is 0 Å². The maximum absolute atomic E-state index is 11.8. The first kappa shape index (κ1) is 14.3. The number of alkyl halides is 1. The van der Waals surface area contributed by atoms with Crippen LogP contribution in [0.15, 0.2) is 36.4 Å². The number of benzene rings is 2. The van der Waals surface area contributed by atoms with Crippen molar-refractivity contribution in [2.75, 3.05) is 11.9 Å². The number of amides is 1. The van der Waals surface area contributed by atoms with E-state index in [9.17, 15) is 4.79 Å². The smallest absolute Gasteiger partial charge is 0.231 e. The van der Waals surface area contributed by atoms with Gasteiger partial charge in [-0.3, -0.25) is 4.79 Å². The Bertz CT molecular complexity index is 723. The van der Waals surface area contributed by atoms with Crippen molar-refractivity contribution in [3.63, 3.8) is 0 Å². The number of rotatable bonds is 2. The van der Waals surface area contributed by atoms with E-state index in [1.807, 2.05) is 7.05 Å². The second-order valence-corrected chi connectivity index (χ2v) is 6.59. The lowest BCUT2D eigenvalue weighted by Gasteiger charge is -2.17. The van der Waals surface area contributed by atoms with Crippen LogP contribution in [0.1, 0.15) is 32.6 Å². The van der Waals surface area contributed by atoms with Gasteiger partial charge in [0, 0.05) is 12.7 Å². The molecule has 1 aliphatic heterocycles. The van der Waals surface area contributed by atoms with Crippen LogP contribution in [0.3, 0.4) is 0 Å². The van der Waals surface area contributed by atoms with E-state index in [1.165, 1.54) is 22.3 Å². The number of anilines is 1. The van der Waals surface area contributed by atoms with Crippen LogP contribution in [0, 0.1) is 13.8 Å². The fourth-order valence-electron chi connectivity index (χ4n) is 2.88. The summed E-state index contributed by atoms with van der Waals surface area (Å²) in [5, 5.41) is 0. The number of hydrogen-bond donors (Lipinski definition) is 0. The molecule has 21 heavy (non-hydrogen) atoms. The second kappa shape index (κ2) is 5.30. The minimum absolute atomic E-state index is 0.156. The molecule has 1 unspecified atom stereocenters. The normalized spacial score (nSPS) is 15.2. The minimum atomic E-state index is 0.156. The van der Waals surface area contributed by atoms with Crippen molar-refractivity contribution in [3.05, 3.63) is 64.2 Å². The van der Waals surface area contributed by atoms with Gasteiger partial charge in [0.05, 0.1) is 11.2 Å². The van der Waals surface area contributed by atoms with Crippen molar-refractivity contribution in [2.45, 2.75) is 25.1 Å². The summed E-state index contributed by atoms with van der Waals surface area (Å²) in [6.07, 6.45) is 0.506. The van der Waals surface area contributed by atoms with Crippen LogP contribution in [0.2, 0.25) is 0 Å². The molecule has 0 saturated heterocycles. The molecule has 1 aliphatic rings. The topological polar surface area (TPSA) is 20.3 Å². The number of carbonyl (C=O) groups is 1. The van der Waals surface area contributed by atoms with Gasteiger partial charge in [0.2, 0.25) is 5.91 Å². The third kappa shape index (κ3) is 2.40. The first-order chi connectivity index (χ1) is 9.99. The maximum Gasteiger partial charge on any atom is 0.231 e. The Labute approximate surface area is 133 Å². The van der Waals surface area contributed by atoms with Crippen molar-refractivity contribution in [1.29, 1.82) is 0 Å². The van der Waals surface area contributed by atoms with Gasteiger partial charge in [-0.05, 0) is 47.7 Å². The van der Waals surface area contributed by atoms with Crippen LogP contribution in [0.4, 0.5) is 5.69 Å². The Kier molecular flexibility index (Phi) is 3.62. The van der Waals surface area contributed by atoms with Gasteiger partial charge in [-0.1, -0.05) is 46.3 Å². The molecule has 108 valence electrons. The van der Waals surface area contributed by atoms with E-state index in [1.54, 1.807) is 4.90 Å². The highest BCUT2D eigenvalue weighted by atomic mass is 79.9. The summed E-state index contributed by atoms with van der Waals surface area (Å²) in [6.45, 7) is 4.29. The summed E-state index contributed by atoms with van der Waals surface area (Å²) < 4.78 is 0. The van der Waals surface area contributed by atoms with Crippen LogP contribution in [-0.4, -0.2) is 13.0 Å². The predicted octanol–water partition coefficient (Wildman–Crippen LogP) is 4.31. The zero-order valence-corrected chi connectivity index (χ0v) is 14.1. The van der Waals surface area contributed by atoms with Crippen LogP contribution >= 0.6 is 15.9 Å². The molecule has 0 radical (unpaired) electrons. The molecule has 2 aromatic carbocycles. The van der Waals surface area contributed by atoms with Crippen molar-refractivity contribution < 1.29 is 4.79 Å². The van der Waals surface area contributed by atoms with E-state index in [0.29, 0.717) is 6.42 Å². The van der Waals surface area contributed by atoms with Crippen LogP contribution in [0.5, 0.6) is 0 Å². The summed E-state index contributed by atoms with van der Waals surface area (Å²) in [7, 11) is 1.84. The molecular formula is C18H18BrNO. The largest absolute Gasteiger partial charge is 0.315 e. The van der Waals surface area contributed by atoms with E-state index in [4.69, 9.17) is 0 Å². The molecule has 2 nitrogen and oxygen atoms in total. The predicted molar refractivity (Wildman–Crippen MR) is 90.2 cm³/mol. The molecule has 0 bridgehead atoms. The van der Waals surface area contributed by atoms with Gasteiger partial charge >= 0.3 is 0 Å². The first-order valence-electron chi connectivity index (χ1n) is 7.08. The highest BCUT2D eigenvalue weighted by Crippen LogP contribution is 2.37. The summed E-state index contributed by atoms with van der Waals surface area (Å²) in [5.74, 6) is 0.167. The Morgan fingerprint density at radius 2 is 1.95 bits per heavy atom. The SMILES string of the molecule is Cc1cccc(C(Br)c2ccc3c(c2)CC(=O)N3C)c1C. The standard InChI is InChI=1S/C18H18BrNO/c1-11-5-4-6-15(12(11)2)18(19)13-7-8-16-14(9-13)10-17(21)20(16)3/h4-9,18H,10H2,1-3H3. The van der Waals surface area contributed by atoms with Crippen LogP contribution < -0.4 is 4.90 Å². The molecule has 0 saturated carbocycles. The number of aryl methyl sites for hydroxylation is 1. The van der Waals surface area contributed by atoms with E-state index in [2.05, 4.69) is 66.2 Å². The number of fused-ring (bicyclic) bond motifs is 1. The van der Waals surface area contributed by atoms with Gasteiger partial charge in [-0.15, -0.1) is 0 Å². The molecule has 0 fully saturated rings. The fraction of sp³-hybridized carbons (Fsp3) is 0.278. The lowest BCUT2D eigenvalue weighted by Crippen LogP contribution is -2.20. The lowest BCUT2D eigenvalue weighted by atomic mass is 9.96. The molecule has 0 aromatic heterocycles. The molecule has 0 N–H and O–H groups in total. The number of likely N-dealkylation sites (N-methyl/N-ethyl adjacent to an activating group) is 1. The molecule has 0 spiro atoms. The zero-order valence-electron chi connectivity index (χ0n) is 12.5. The van der Waals surface area contributed by atoms with Crippen molar-refractivity contribution >= 4 is 27.5 Å². The highest BCUT2D eigenvalue weighted by Gasteiger charge is 2.25. The molecule has 1 heterocycles. The average molecular weight is 344 g/mol. The van der Waals surface area contributed by atoms with Gasteiger partial charge in [0.15, 0.2) is 0 Å². The first-order valence-corrected chi connectivity index (χ1v) is 8.00. The molecular weight excluding hydrogens is 326 g/mol. The maximum atomic E-state index is 11.8. The van der Waals surface area contributed by atoms with E-state index in [-0.39, 0.29) is 10.7 Å². The van der Waals surface area contributed by atoms with Crippen LogP contribution in [-0.2, 0) is 11.2 Å². The summed E-state index contributed by atoms with van der Waals surface area (Å²) >= 11 is 3.82. The third-order valence-electron chi connectivity index (χ3n) is 4.39. The molecule has 3 rings (SSSR count). The number of carbonyl (C=O) groups excluding carboxylic acids is 1. The highest BCUT2D eigenvalue weighted by molar-refractivity contribution is 9.09. The summed E-state index contributed by atoms with van der Waals surface area (Å²) in [4.78, 5) is 13.7. The summed E-state index contributed by atoms with van der Waals surface area (Å²) in [6, 6.07) is 12.7. The van der Waals surface area contributed by atoms with E-state index >= 15 is 0 Å². The van der Waals surface area contributed by atoms with Gasteiger partial charge in [-0.25, -0.2) is 0 Å². The molecule has 0 aliphatic carbocycles. The molecule has 1 amide bonds. The fourth-order valence-corrected chi connectivity index (χ4v) is 3.66. The van der Waals surface area contributed by atoms with Crippen molar-refractivity contribution in [2.24, 2.45) is 0 Å². The Hall–Kier alpha value is -1.61. The van der Waals surface area contributed by atoms with Gasteiger partial charge in [0.25, 0.3) is 0 Å². The average Bonchev–Trinajstić information content (AvgIpc) is 2.76. The lowest BCUT2D eigenvalue weighted by molar-refractivity contribution is -0.117. The minimum Gasteiger partial charge on any atom is -0.315 e. The van der Waals surface area contributed by atoms with Gasteiger partial charge in [-0.2, -0.15) is 0 Å². The van der Waals surface area contributed by atoms with Crippen molar-refractivity contribution in [1.82, 2.24) is 0 Å². The van der Waals surface area contributed by atoms with Gasteiger partial charge < -0.3 is 4.90 Å². The summed E-state index contributed by atoms with van der Waals surface area (Å²) in [5.41, 5.74) is 7.25. The Morgan fingerprint density at radius 3 is 2.71 bits per heavy atom. The third-order valence-corrected chi connectivity index (χ3v) is 5.41.